The first kappa shape index (κ1) is 19.9. The number of hydrogen-bond acceptors (Lipinski definition) is 4. The second kappa shape index (κ2) is 8.16. The Labute approximate surface area is 176 Å². The Morgan fingerprint density at radius 1 is 1.20 bits per heavy atom. The molecule has 0 aliphatic carbocycles. The summed E-state index contributed by atoms with van der Waals surface area (Å²) in [6, 6.07) is 11.3. The summed E-state index contributed by atoms with van der Waals surface area (Å²) in [6.07, 6.45) is 0. The van der Waals surface area contributed by atoms with Crippen molar-refractivity contribution in [1.29, 1.82) is 0 Å². The molecule has 1 atom stereocenters. The Morgan fingerprint density at radius 3 is 2.67 bits per heavy atom. The second-order valence-corrected chi connectivity index (χ2v) is 7.24. The zero-order valence-electron chi connectivity index (χ0n) is 15.7. The zero-order chi connectivity index (χ0) is 21.3. The van der Waals surface area contributed by atoms with E-state index in [0.717, 1.165) is 0 Å². The lowest BCUT2D eigenvalue weighted by Crippen LogP contribution is -2.50. The number of esters is 1. The molecule has 30 heavy (non-hydrogen) atoms. The number of urea groups is 1. The zero-order valence-corrected chi connectivity index (χ0v) is 16.4. The highest BCUT2D eigenvalue weighted by atomic mass is 35.5. The van der Waals surface area contributed by atoms with Crippen LogP contribution < -0.4 is 10.6 Å². The summed E-state index contributed by atoms with van der Waals surface area (Å²) in [5, 5.41) is 5.81. The molecule has 0 unspecified atom stereocenters. The molecule has 2 aliphatic rings. The summed E-state index contributed by atoms with van der Waals surface area (Å²) >= 11 is 6.25. The minimum Gasteiger partial charge on any atom is -0.456 e. The number of rotatable bonds is 5. The number of cyclic esters (lactones) is 1. The Bertz CT molecular complexity index is 1050. The highest BCUT2D eigenvalue weighted by Gasteiger charge is 2.43. The number of nitrogens with one attached hydrogen (secondary N) is 2. The van der Waals surface area contributed by atoms with Gasteiger partial charge in [0.2, 0.25) is 5.91 Å². The third-order valence-electron chi connectivity index (χ3n) is 4.92. The van der Waals surface area contributed by atoms with Crippen LogP contribution in [0.5, 0.6) is 0 Å². The van der Waals surface area contributed by atoms with Gasteiger partial charge in [0.15, 0.2) is 0 Å². The lowest BCUT2D eigenvalue weighted by atomic mass is 9.95. The van der Waals surface area contributed by atoms with Crippen LogP contribution in [0.4, 0.5) is 9.18 Å². The molecular weight excluding hydrogens is 413 g/mol. The predicted octanol–water partition coefficient (Wildman–Crippen LogP) is 2.67. The van der Waals surface area contributed by atoms with E-state index in [9.17, 15) is 18.8 Å². The first-order chi connectivity index (χ1) is 14.4. The van der Waals surface area contributed by atoms with Crippen molar-refractivity contribution in [3.63, 3.8) is 0 Å². The molecule has 0 bridgehead atoms. The van der Waals surface area contributed by atoms with Gasteiger partial charge in [0.1, 0.15) is 19.0 Å². The smallest absolute Gasteiger partial charge is 0.338 e. The van der Waals surface area contributed by atoms with Crippen LogP contribution in [0.1, 0.15) is 17.2 Å². The SMILES string of the molecule is O=C(CN1C(=O)N[C@H](c2ccccc2Cl)C2=C1COC2=O)NCc1ccc(F)cc1. The van der Waals surface area contributed by atoms with Gasteiger partial charge in [-0.15, -0.1) is 0 Å². The maximum absolute atomic E-state index is 13.0. The van der Waals surface area contributed by atoms with Crippen LogP contribution >= 0.6 is 11.6 Å². The van der Waals surface area contributed by atoms with Crippen LogP contribution in [0, 0.1) is 5.82 Å². The summed E-state index contributed by atoms with van der Waals surface area (Å²) in [5.41, 5.74) is 1.88. The van der Waals surface area contributed by atoms with Crippen molar-refractivity contribution < 1.29 is 23.5 Å². The first-order valence-electron chi connectivity index (χ1n) is 9.18. The monoisotopic (exact) mass is 429 g/mol. The number of halogens is 2. The van der Waals surface area contributed by atoms with Crippen molar-refractivity contribution in [3.8, 4) is 0 Å². The highest BCUT2D eigenvalue weighted by Crippen LogP contribution is 2.37. The van der Waals surface area contributed by atoms with Gasteiger partial charge in [-0.05, 0) is 29.3 Å². The van der Waals surface area contributed by atoms with Crippen molar-refractivity contribution in [1.82, 2.24) is 15.5 Å². The minimum atomic E-state index is -0.755. The summed E-state index contributed by atoms with van der Waals surface area (Å²) < 4.78 is 18.1. The van der Waals surface area contributed by atoms with Crippen LogP contribution in [0.2, 0.25) is 5.02 Å². The lowest BCUT2D eigenvalue weighted by molar-refractivity contribution is -0.136. The number of nitrogens with zero attached hydrogens (tertiary/aromatic N) is 1. The van der Waals surface area contributed by atoms with Gasteiger partial charge in [-0.3, -0.25) is 9.69 Å². The van der Waals surface area contributed by atoms with Gasteiger partial charge < -0.3 is 15.4 Å². The average Bonchev–Trinajstić information content (AvgIpc) is 3.11. The van der Waals surface area contributed by atoms with Crippen molar-refractivity contribution in [3.05, 3.63) is 81.8 Å². The highest BCUT2D eigenvalue weighted by molar-refractivity contribution is 6.31. The fourth-order valence-corrected chi connectivity index (χ4v) is 3.67. The first-order valence-corrected chi connectivity index (χ1v) is 9.55. The maximum atomic E-state index is 13.0. The number of benzene rings is 2. The quantitative estimate of drug-likeness (QED) is 0.715. The normalized spacial score (nSPS) is 18.1. The number of carbonyl (C=O) groups excluding carboxylic acids is 3. The van der Waals surface area contributed by atoms with Crippen LogP contribution in [-0.4, -0.2) is 36.0 Å². The number of carbonyl (C=O) groups is 3. The van der Waals surface area contributed by atoms with Gasteiger partial charge in [0, 0.05) is 11.6 Å². The molecular formula is C21H17ClFN3O4. The van der Waals surface area contributed by atoms with Gasteiger partial charge in [-0.2, -0.15) is 0 Å². The van der Waals surface area contributed by atoms with Crippen molar-refractivity contribution >= 4 is 29.5 Å². The van der Waals surface area contributed by atoms with Crippen molar-refractivity contribution in [2.24, 2.45) is 0 Å². The fourth-order valence-electron chi connectivity index (χ4n) is 3.42. The Hall–Kier alpha value is -3.39. The molecule has 7 nitrogen and oxygen atoms in total. The van der Waals surface area contributed by atoms with E-state index in [1.54, 1.807) is 36.4 Å². The molecule has 0 aromatic heterocycles. The topological polar surface area (TPSA) is 87.7 Å². The number of amides is 3. The minimum absolute atomic E-state index is 0.103. The summed E-state index contributed by atoms with van der Waals surface area (Å²) in [5.74, 6) is -1.36. The molecule has 3 amide bonds. The fraction of sp³-hybridized carbons (Fsp3) is 0.190. The van der Waals surface area contributed by atoms with E-state index in [4.69, 9.17) is 16.3 Å². The van der Waals surface area contributed by atoms with Crippen LogP contribution in [-0.2, 0) is 20.9 Å². The van der Waals surface area contributed by atoms with E-state index in [0.29, 0.717) is 21.8 Å². The molecule has 0 saturated heterocycles. The maximum Gasteiger partial charge on any atom is 0.338 e. The number of ether oxygens (including phenoxy) is 1. The predicted molar refractivity (Wildman–Crippen MR) is 106 cm³/mol. The molecule has 0 fully saturated rings. The summed E-state index contributed by atoms with van der Waals surface area (Å²) in [4.78, 5) is 38.7. The van der Waals surface area contributed by atoms with E-state index in [2.05, 4.69) is 10.6 Å². The van der Waals surface area contributed by atoms with Crippen LogP contribution in [0.25, 0.3) is 0 Å². The van der Waals surface area contributed by atoms with E-state index < -0.39 is 23.9 Å². The van der Waals surface area contributed by atoms with Gasteiger partial charge in [0.05, 0.1) is 17.3 Å². The second-order valence-electron chi connectivity index (χ2n) is 6.83. The van der Waals surface area contributed by atoms with Crippen molar-refractivity contribution in [2.75, 3.05) is 13.2 Å². The third kappa shape index (κ3) is 3.86. The molecule has 0 saturated carbocycles. The molecule has 0 spiro atoms. The van der Waals surface area contributed by atoms with E-state index in [1.807, 2.05) is 0 Å². The molecule has 2 aromatic carbocycles. The van der Waals surface area contributed by atoms with E-state index >= 15 is 0 Å². The molecule has 4 rings (SSSR count). The van der Waals surface area contributed by atoms with Gasteiger partial charge in [0.25, 0.3) is 0 Å². The molecule has 9 heteroatoms. The molecule has 2 N–H and O–H groups in total. The van der Waals surface area contributed by atoms with Crippen LogP contribution in [0.15, 0.2) is 59.8 Å². The molecule has 0 radical (unpaired) electrons. The summed E-state index contributed by atoms with van der Waals surface area (Å²) in [6.45, 7) is -0.219. The van der Waals surface area contributed by atoms with Gasteiger partial charge >= 0.3 is 12.0 Å². The molecule has 154 valence electrons. The Balaban J connectivity index is 1.52. The van der Waals surface area contributed by atoms with E-state index in [-0.39, 0.29) is 31.1 Å². The molecule has 2 aromatic rings. The largest absolute Gasteiger partial charge is 0.456 e. The average molecular weight is 430 g/mol. The van der Waals surface area contributed by atoms with Crippen molar-refractivity contribution in [2.45, 2.75) is 12.6 Å². The lowest BCUT2D eigenvalue weighted by Gasteiger charge is -2.32. The van der Waals surface area contributed by atoms with Gasteiger partial charge in [-0.1, -0.05) is 41.9 Å². The number of hydrogen-bond donors (Lipinski definition) is 2. The Kier molecular flexibility index (Phi) is 5.41. The molecule has 2 aliphatic heterocycles. The standard InChI is InChI=1S/C21H17ClFN3O4/c22-15-4-2-1-3-14(15)19-18-16(11-30-20(18)28)26(21(29)25-19)10-17(27)24-9-12-5-7-13(23)8-6-12/h1-8,19H,9-11H2,(H,24,27)(H,25,29)/t19-/m1/s1. The summed E-state index contributed by atoms with van der Waals surface area (Å²) in [7, 11) is 0. The van der Waals surface area contributed by atoms with Gasteiger partial charge in [-0.25, -0.2) is 14.0 Å². The molecule has 2 heterocycles. The van der Waals surface area contributed by atoms with E-state index in [1.165, 1.54) is 17.0 Å². The third-order valence-corrected chi connectivity index (χ3v) is 5.26. The van der Waals surface area contributed by atoms with Crippen LogP contribution in [0.3, 0.4) is 0 Å². The Morgan fingerprint density at radius 2 is 1.93 bits per heavy atom.